The van der Waals surface area contributed by atoms with Gasteiger partial charge in [0.25, 0.3) is 0 Å². The van der Waals surface area contributed by atoms with Gasteiger partial charge in [-0.1, -0.05) is 6.42 Å². The van der Waals surface area contributed by atoms with Crippen LogP contribution >= 0.6 is 0 Å². The highest BCUT2D eigenvalue weighted by Crippen LogP contribution is 2.31. The molecule has 0 spiro atoms. The number of anilines is 2. The van der Waals surface area contributed by atoms with Gasteiger partial charge in [0, 0.05) is 13.6 Å². The number of nitrogens with two attached hydrogens (primary N) is 1. The van der Waals surface area contributed by atoms with E-state index in [1.807, 2.05) is 7.05 Å². The first kappa shape index (κ1) is 11.0. The van der Waals surface area contributed by atoms with Gasteiger partial charge in [-0.25, -0.2) is 4.98 Å². The van der Waals surface area contributed by atoms with Crippen LogP contribution in [0.2, 0.25) is 0 Å². The van der Waals surface area contributed by atoms with Crippen LogP contribution in [0.25, 0.3) is 0 Å². The summed E-state index contributed by atoms with van der Waals surface area (Å²) in [6, 6.07) is 0. The summed E-state index contributed by atoms with van der Waals surface area (Å²) in [5.74, 6) is 1.99. The second kappa shape index (κ2) is 4.55. The Labute approximate surface area is 95.6 Å². The summed E-state index contributed by atoms with van der Waals surface area (Å²) in [7, 11) is 3.57. The number of nitrogens with zero attached hydrogens (tertiary/aromatic N) is 3. The third kappa shape index (κ3) is 2.03. The van der Waals surface area contributed by atoms with Crippen molar-refractivity contribution in [1.29, 1.82) is 0 Å². The molecule has 0 bridgehead atoms. The minimum absolute atomic E-state index is 0.449. The fourth-order valence-corrected chi connectivity index (χ4v) is 1.99. The van der Waals surface area contributed by atoms with Gasteiger partial charge in [-0.15, -0.1) is 0 Å². The lowest BCUT2D eigenvalue weighted by molar-refractivity contribution is 0.321. The molecular formula is C11H18N4O. The number of nitrogen functional groups attached to an aromatic ring is 1. The molecule has 5 nitrogen and oxygen atoms in total. The molecule has 1 heterocycles. The van der Waals surface area contributed by atoms with E-state index in [0.29, 0.717) is 11.6 Å². The van der Waals surface area contributed by atoms with Crippen molar-refractivity contribution < 1.29 is 4.74 Å². The van der Waals surface area contributed by atoms with Gasteiger partial charge in [0.2, 0.25) is 5.88 Å². The normalized spacial score (nSPS) is 15.6. The Kier molecular flexibility index (Phi) is 3.12. The lowest BCUT2D eigenvalue weighted by atomic mass is 9.85. The van der Waals surface area contributed by atoms with E-state index in [4.69, 9.17) is 10.5 Å². The third-order valence-electron chi connectivity index (χ3n) is 3.14. The summed E-state index contributed by atoms with van der Waals surface area (Å²) in [6.45, 7) is 1.00. The van der Waals surface area contributed by atoms with Gasteiger partial charge in [0.15, 0.2) is 5.82 Å². The van der Waals surface area contributed by atoms with E-state index < -0.39 is 0 Å². The molecule has 1 aliphatic rings. The van der Waals surface area contributed by atoms with E-state index in [-0.39, 0.29) is 0 Å². The average molecular weight is 222 g/mol. The maximum absolute atomic E-state index is 5.94. The molecule has 0 saturated heterocycles. The highest BCUT2D eigenvalue weighted by Gasteiger charge is 2.21. The first-order chi connectivity index (χ1) is 7.72. The van der Waals surface area contributed by atoms with Gasteiger partial charge in [0.1, 0.15) is 12.0 Å². The van der Waals surface area contributed by atoms with E-state index in [1.54, 1.807) is 7.11 Å². The van der Waals surface area contributed by atoms with Crippen LogP contribution in [0.4, 0.5) is 11.5 Å². The molecule has 1 saturated carbocycles. The Morgan fingerprint density at radius 1 is 1.50 bits per heavy atom. The Balaban J connectivity index is 2.11. The predicted octanol–water partition coefficient (Wildman–Crippen LogP) is 1.30. The van der Waals surface area contributed by atoms with E-state index in [2.05, 4.69) is 14.9 Å². The predicted molar refractivity (Wildman–Crippen MR) is 63.6 cm³/mol. The molecule has 0 atom stereocenters. The van der Waals surface area contributed by atoms with Crippen molar-refractivity contribution in [2.45, 2.75) is 19.3 Å². The molecule has 0 radical (unpaired) electrons. The average Bonchev–Trinajstić information content (AvgIpc) is 2.23. The van der Waals surface area contributed by atoms with Gasteiger partial charge in [-0.05, 0) is 18.8 Å². The fraction of sp³-hybridized carbons (Fsp3) is 0.636. The van der Waals surface area contributed by atoms with Crippen LogP contribution in [-0.2, 0) is 0 Å². The van der Waals surface area contributed by atoms with Crippen molar-refractivity contribution in [3.05, 3.63) is 6.33 Å². The van der Waals surface area contributed by atoms with Crippen molar-refractivity contribution in [2.75, 3.05) is 31.3 Å². The molecule has 5 heteroatoms. The zero-order valence-corrected chi connectivity index (χ0v) is 9.81. The zero-order valence-electron chi connectivity index (χ0n) is 9.81. The van der Waals surface area contributed by atoms with Crippen LogP contribution in [0, 0.1) is 5.92 Å². The molecular weight excluding hydrogens is 204 g/mol. The van der Waals surface area contributed by atoms with E-state index in [0.717, 1.165) is 18.3 Å². The smallest absolute Gasteiger partial charge is 0.242 e. The molecule has 1 fully saturated rings. The van der Waals surface area contributed by atoms with Crippen molar-refractivity contribution in [3.63, 3.8) is 0 Å². The second-order valence-electron chi connectivity index (χ2n) is 4.30. The highest BCUT2D eigenvalue weighted by atomic mass is 16.5. The third-order valence-corrected chi connectivity index (χ3v) is 3.14. The lowest BCUT2D eigenvalue weighted by Crippen LogP contribution is -2.30. The van der Waals surface area contributed by atoms with E-state index in [1.165, 1.54) is 25.6 Å². The van der Waals surface area contributed by atoms with Gasteiger partial charge >= 0.3 is 0 Å². The van der Waals surface area contributed by atoms with Crippen LogP contribution in [0.15, 0.2) is 6.33 Å². The molecule has 1 aromatic rings. The molecule has 1 aliphatic carbocycles. The topological polar surface area (TPSA) is 64.3 Å². The minimum atomic E-state index is 0.449. The Hall–Kier alpha value is -1.52. The van der Waals surface area contributed by atoms with Crippen LogP contribution in [0.5, 0.6) is 5.88 Å². The first-order valence-electron chi connectivity index (χ1n) is 5.58. The molecule has 88 valence electrons. The molecule has 0 aliphatic heterocycles. The van der Waals surface area contributed by atoms with Crippen molar-refractivity contribution >= 4 is 11.5 Å². The second-order valence-corrected chi connectivity index (χ2v) is 4.30. The monoisotopic (exact) mass is 222 g/mol. The van der Waals surface area contributed by atoms with Gasteiger partial charge in [-0.3, -0.25) is 0 Å². The minimum Gasteiger partial charge on any atom is -0.479 e. The number of ether oxygens (including phenoxy) is 1. The standard InChI is InChI=1S/C11H18N4O/c1-15(6-8-4-3-5-8)10-9(12)11(16-2)14-7-13-10/h7-8H,3-6,12H2,1-2H3. The number of hydrogen-bond acceptors (Lipinski definition) is 5. The van der Waals surface area contributed by atoms with Gasteiger partial charge in [0.05, 0.1) is 7.11 Å². The number of rotatable bonds is 4. The van der Waals surface area contributed by atoms with Crippen molar-refractivity contribution in [2.24, 2.45) is 5.92 Å². The molecule has 0 aromatic carbocycles. The maximum Gasteiger partial charge on any atom is 0.242 e. The SMILES string of the molecule is COc1ncnc(N(C)CC2CCC2)c1N. The Morgan fingerprint density at radius 3 is 2.81 bits per heavy atom. The lowest BCUT2D eigenvalue weighted by Gasteiger charge is -2.31. The van der Waals surface area contributed by atoms with E-state index >= 15 is 0 Å². The first-order valence-corrected chi connectivity index (χ1v) is 5.58. The quantitative estimate of drug-likeness (QED) is 0.832. The van der Waals surface area contributed by atoms with Gasteiger partial charge in [-0.2, -0.15) is 4.98 Å². The van der Waals surface area contributed by atoms with Gasteiger partial charge < -0.3 is 15.4 Å². The summed E-state index contributed by atoms with van der Waals surface area (Å²) in [6.07, 6.45) is 5.46. The Morgan fingerprint density at radius 2 is 2.25 bits per heavy atom. The highest BCUT2D eigenvalue weighted by molar-refractivity contribution is 5.67. The maximum atomic E-state index is 5.94. The molecule has 0 amide bonds. The van der Waals surface area contributed by atoms with Crippen molar-refractivity contribution in [3.8, 4) is 5.88 Å². The summed E-state index contributed by atoms with van der Waals surface area (Å²) in [5, 5.41) is 0. The van der Waals surface area contributed by atoms with Crippen LogP contribution in [0.1, 0.15) is 19.3 Å². The summed E-state index contributed by atoms with van der Waals surface area (Å²) in [4.78, 5) is 10.3. The summed E-state index contributed by atoms with van der Waals surface area (Å²) in [5.41, 5.74) is 6.46. The van der Waals surface area contributed by atoms with Crippen molar-refractivity contribution in [1.82, 2.24) is 9.97 Å². The van der Waals surface area contributed by atoms with Crippen LogP contribution < -0.4 is 15.4 Å². The van der Waals surface area contributed by atoms with Crippen LogP contribution in [0.3, 0.4) is 0 Å². The molecule has 1 aromatic heterocycles. The Bertz CT molecular complexity index is 365. The fourth-order valence-electron chi connectivity index (χ4n) is 1.99. The number of hydrogen-bond donors (Lipinski definition) is 1. The summed E-state index contributed by atoms with van der Waals surface area (Å²) >= 11 is 0. The zero-order chi connectivity index (χ0) is 11.5. The molecule has 2 rings (SSSR count). The molecule has 0 unspecified atom stereocenters. The van der Waals surface area contributed by atoms with Crippen LogP contribution in [-0.4, -0.2) is 30.7 Å². The summed E-state index contributed by atoms with van der Waals surface area (Å²) < 4.78 is 5.08. The molecule has 2 N–H and O–H groups in total. The van der Waals surface area contributed by atoms with E-state index in [9.17, 15) is 0 Å². The number of aromatic nitrogens is 2. The largest absolute Gasteiger partial charge is 0.479 e. The number of methoxy groups -OCH3 is 1. The molecule has 16 heavy (non-hydrogen) atoms.